The molecule has 0 aliphatic rings. The monoisotopic (exact) mass is 342 g/mol. The van der Waals surface area contributed by atoms with Crippen LogP contribution in [-0.4, -0.2) is 39.7 Å². The van der Waals surface area contributed by atoms with E-state index in [1.165, 1.54) is 0 Å². The van der Waals surface area contributed by atoms with E-state index >= 15 is 0 Å². The third kappa shape index (κ3) is 3.80. The van der Waals surface area contributed by atoms with E-state index < -0.39 is 0 Å². The van der Waals surface area contributed by atoms with E-state index in [9.17, 15) is 5.11 Å². The minimum Gasteiger partial charge on any atom is -0.391 e. The molecule has 114 valence electrons. The largest absolute Gasteiger partial charge is 0.391 e. The van der Waals surface area contributed by atoms with Gasteiger partial charge < -0.3 is 5.11 Å². The maximum atomic E-state index is 10.9. The van der Waals surface area contributed by atoms with E-state index in [0.717, 1.165) is 36.0 Å². The highest BCUT2D eigenvalue weighted by atomic mass is 79.9. The molecule has 1 rings (SSSR count). The minimum absolute atomic E-state index is 0.147. The quantitative estimate of drug-likeness (QED) is 0.783. The number of hydrogen-bond donors (Lipinski definition) is 1. The van der Waals surface area contributed by atoms with Crippen molar-refractivity contribution in [3.63, 3.8) is 0 Å². The first-order valence-electron chi connectivity index (χ1n) is 7.56. The van der Waals surface area contributed by atoms with Gasteiger partial charge in [0.2, 0.25) is 0 Å². The predicted octanol–water partition coefficient (Wildman–Crippen LogP) is 3.65. The van der Waals surface area contributed by atoms with Crippen molar-refractivity contribution in [2.75, 3.05) is 13.1 Å². The Morgan fingerprint density at radius 2 is 1.80 bits per heavy atom. The molecule has 0 aliphatic carbocycles. The molecule has 4 heteroatoms. The maximum Gasteiger partial charge on any atom is 0.0764 e. The fourth-order valence-corrected chi connectivity index (χ4v) is 3.63. The van der Waals surface area contributed by atoms with Gasteiger partial charge in [0.25, 0.3) is 0 Å². The van der Waals surface area contributed by atoms with Crippen LogP contribution in [-0.2, 0) is 6.42 Å². The summed E-state index contributed by atoms with van der Waals surface area (Å²) in [6.07, 6.45) is 5.78. The first kappa shape index (κ1) is 17.6. The van der Waals surface area contributed by atoms with E-state index in [0.29, 0.717) is 6.42 Å². The summed E-state index contributed by atoms with van der Waals surface area (Å²) in [4.78, 5) is 6.58. The molecule has 0 radical (unpaired) electrons. The number of nitrogens with zero attached hydrogens (tertiary/aromatic N) is 2. The molecular weight excluding hydrogens is 316 g/mol. The lowest BCUT2D eigenvalue weighted by Crippen LogP contribution is -2.56. The van der Waals surface area contributed by atoms with Crippen molar-refractivity contribution in [3.05, 3.63) is 28.5 Å². The van der Waals surface area contributed by atoms with Crippen molar-refractivity contribution in [2.45, 2.75) is 58.6 Å². The zero-order chi connectivity index (χ0) is 15.2. The van der Waals surface area contributed by atoms with Gasteiger partial charge in [-0.2, -0.15) is 0 Å². The van der Waals surface area contributed by atoms with Crippen LogP contribution in [0.5, 0.6) is 0 Å². The Morgan fingerprint density at radius 3 is 2.25 bits per heavy atom. The number of aliphatic hydroxyl groups is 1. The van der Waals surface area contributed by atoms with Gasteiger partial charge in [0.05, 0.1) is 6.10 Å². The molecule has 1 unspecified atom stereocenters. The van der Waals surface area contributed by atoms with Gasteiger partial charge in [0.15, 0.2) is 0 Å². The van der Waals surface area contributed by atoms with Crippen LogP contribution in [0.1, 0.15) is 46.1 Å². The van der Waals surface area contributed by atoms with E-state index in [4.69, 9.17) is 0 Å². The van der Waals surface area contributed by atoms with Crippen LogP contribution < -0.4 is 0 Å². The van der Waals surface area contributed by atoms with Crippen molar-refractivity contribution < 1.29 is 5.11 Å². The summed E-state index contributed by atoms with van der Waals surface area (Å²) in [7, 11) is 0. The molecule has 0 spiro atoms. The normalized spacial score (nSPS) is 13.8. The fraction of sp³-hybridized carbons (Fsp3) is 0.688. The number of halogens is 1. The molecule has 0 saturated heterocycles. The lowest BCUT2D eigenvalue weighted by molar-refractivity contribution is -0.0341. The summed E-state index contributed by atoms with van der Waals surface area (Å²) < 4.78 is 0.962. The second-order valence-electron chi connectivity index (χ2n) is 5.21. The molecule has 0 bridgehead atoms. The third-order valence-corrected chi connectivity index (χ3v) is 4.86. The third-order valence-electron chi connectivity index (χ3n) is 4.43. The van der Waals surface area contributed by atoms with Crippen molar-refractivity contribution >= 4 is 15.9 Å². The molecule has 0 fully saturated rings. The average molecular weight is 343 g/mol. The Balaban J connectivity index is 2.96. The highest BCUT2D eigenvalue weighted by molar-refractivity contribution is 9.10. The molecule has 0 saturated carbocycles. The van der Waals surface area contributed by atoms with Gasteiger partial charge in [-0.15, -0.1) is 0 Å². The molecule has 20 heavy (non-hydrogen) atoms. The van der Waals surface area contributed by atoms with Gasteiger partial charge in [-0.3, -0.25) is 9.88 Å². The smallest absolute Gasteiger partial charge is 0.0764 e. The topological polar surface area (TPSA) is 36.4 Å². The number of aromatic nitrogens is 1. The van der Waals surface area contributed by atoms with Crippen molar-refractivity contribution in [1.29, 1.82) is 0 Å². The van der Waals surface area contributed by atoms with Gasteiger partial charge in [-0.05, 0) is 53.5 Å². The van der Waals surface area contributed by atoms with Crippen LogP contribution in [0.3, 0.4) is 0 Å². The second-order valence-corrected chi connectivity index (χ2v) is 6.13. The molecule has 1 N–H and O–H groups in total. The standard InChI is InChI=1S/C16H27BrN2O/c1-5-16(6-2,19(7-3)8-4)15(20)10-13-9-14(17)12-18-11-13/h9,11-12,15,20H,5-8,10H2,1-4H3. The SMILES string of the molecule is CCN(CC)C(CC)(CC)C(O)Cc1cncc(Br)c1. The number of likely N-dealkylation sites (N-methyl/N-ethyl adjacent to an activating group) is 1. The van der Waals surface area contributed by atoms with Gasteiger partial charge in [-0.25, -0.2) is 0 Å². The Morgan fingerprint density at radius 1 is 1.20 bits per heavy atom. The number of rotatable bonds is 8. The van der Waals surface area contributed by atoms with Crippen LogP contribution in [0.2, 0.25) is 0 Å². The summed E-state index contributed by atoms with van der Waals surface area (Å²) >= 11 is 3.44. The molecule has 1 atom stereocenters. The lowest BCUT2D eigenvalue weighted by Gasteiger charge is -2.46. The number of pyridine rings is 1. The summed E-state index contributed by atoms with van der Waals surface area (Å²) in [6, 6.07) is 2.04. The predicted molar refractivity (Wildman–Crippen MR) is 87.9 cm³/mol. The van der Waals surface area contributed by atoms with Gasteiger partial charge >= 0.3 is 0 Å². The van der Waals surface area contributed by atoms with Gasteiger partial charge in [0, 0.05) is 28.8 Å². The minimum atomic E-state index is -0.381. The molecule has 1 aromatic rings. The zero-order valence-corrected chi connectivity index (χ0v) is 14.7. The molecule has 0 aliphatic heterocycles. The van der Waals surface area contributed by atoms with Crippen molar-refractivity contribution in [3.8, 4) is 0 Å². The number of aliphatic hydroxyl groups excluding tert-OH is 1. The van der Waals surface area contributed by atoms with Crippen LogP contribution in [0.25, 0.3) is 0 Å². The van der Waals surface area contributed by atoms with Crippen molar-refractivity contribution in [1.82, 2.24) is 9.88 Å². The Kier molecular flexibility index (Phi) is 7.13. The fourth-order valence-electron chi connectivity index (χ4n) is 3.21. The molecule has 1 heterocycles. The summed E-state index contributed by atoms with van der Waals surface area (Å²) in [5.74, 6) is 0. The van der Waals surface area contributed by atoms with Crippen LogP contribution >= 0.6 is 15.9 Å². The number of hydrogen-bond acceptors (Lipinski definition) is 3. The van der Waals surface area contributed by atoms with Gasteiger partial charge in [-0.1, -0.05) is 27.7 Å². The van der Waals surface area contributed by atoms with E-state index in [-0.39, 0.29) is 11.6 Å². The average Bonchev–Trinajstić information content (AvgIpc) is 2.44. The van der Waals surface area contributed by atoms with Gasteiger partial charge in [0.1, 0.15) is 0 Å². The summed E-state index contributed by atoms with van der Waals surface area (Å²) in [5.41, 5.74) is 0.927. The maximum absolute atomic E-state index is 10.9. The second kappa shape index (κ2) is 8.11. The highest BCUT2D eigenvalue weighted by Gasteiger charge is 2.38. The zero-order valence-electron chi connectivity index (χ0n) is 13.1. The molecule has 1 aromatic heterocycles. The van der Waals surface area contributed by atoms with E-state index in [1.54, 1.807) is 6.20 Å². The Bertz CT molecular complexity index is 403. The lowest BCUT2D eigenvalue weighted by atomic mass is 9.81. The van der Waals surface area contributed by atoms with Crippen LogP contribution in [0.4, 0.5) is 0 Å². The van der Waals surface area contributed by atoms with Crippen molar-refractivity contribution in [2.24, 2.45) is 0 Å². The highest BCUT2D eigenvalue weighted by Crippen LogP contribution is 2.30. The Labute approximate surface area is 131 Å². The summed E-state index contributed by atoms with van der Waals surface area (Å²) in [5, 5.41) is 10.9. The molecule has 0 amide bonds. The van der Waals surface area contributed by atoms with Crippen LogP contribution in [0.15, 0.2) is 22.9 Å². The first-order valence-corrected chi connectivity index (χ1v) is 8.35. The molecular formula is C16H27BrN2O. The van der Waals surface area contributed by atoms with E-state index in [1.807, 2.05) is 12.3 Å². The van der Waals surface area contributed by atoms with Crippen LogP contribution in [0, 0.1) is 0 Å². The first-order chi connectivity index (χ1) is 9.53. The Hall–Kier alpha value is -0.450. The summed E-state index contributed by atoms with van der Waals surface area (Å²) in [6.45, 7) is 10.6. The molecule has 3 nitrogen and oxygen atoms in total. The molecule has 0 aromatic carbocycles. The van der Waals surface area contributed by atoms with E-state index in [2.05, 4.69) is 53.5 Å².